The molecule has 1 saturated heterocycles. The fourth-order valence-electron chi connectivity index (χ4n) is 4.98. The van der Waals surface area contributed by atoms with Crippen LogP contribution in [0, 0.1) is 13.8 Å². The van der Waals surface area contributed by atoms with Crippen LogP contribution >= 0.6 is 0 Å². The van der Waals surface area contributed by atoms with Crippen LogP contribution in [0.5, 0.6) is 0 Å². The summed E-state index contributed by atoms with van der Waals surface area (Å²) in [6.07, 6.45) is 1.43. The molecule has 4 aromatic rings. The Kier molecular flexibility index (Phi) is 7.29. The Bertz CT molecular complexity index is 1690. The van der Waals surface area contributed by atoms with E-state index in [1.807, 2.05) is 50.2 Å². The number of carbonyl (C=O) groups is 1. The van der Waals surface area contributed by atoms with E-state index < -0.39 is 15.5 Å². The van der Waals surface area contributed by atoms with Crippen molar-refractivity contribution >= 4 is 32.5 Å². The van der Waals surface area contributed by atoms with Crippen molar-refractivity contribution in [1.82, 2.24) is 14.8 Å². The van der Waals surface area contributed by atoms with Crippen LogP contribution in [0.15, 0.2) is 82.6 Å². The number of aromatic nitrogens is 1. The number of H-pyrrole nitrogens is 1. The van der Waals surface area contributed by atoms with Gasteiger partial charge in [0.25, 0.3) is 15.9 Å². The van der Waals surface area contributed by atoms with Crippen LogP contribution in [0.4, 0.5) is 5.69 Å². The van der Waals surface area contributed by atoms with Crippen LogP contribution in [-0.4, -0.2) is 62.3 Å². The number of aryl methyl sites for hydroxylation is 2. The van der Waals surface area contributed by atoms with Gasteiger partial charge in [0.15, 0.2) is 0 Å². The number of rotatable bonds is 6. The highest BCUT2D eigenvalue weighted by Crippen LogP contribution is 2.27. The van der Waals surface area contributed by atoms with E-state index in [1.54, 1.807) is 11.0 Å². The van der Waals surface area contributed by atoms with Crippen molar-refractivity contribution in [3.63, 3.8) is 0 Å². The van der Waals surface area contributed by atoms with Crippen LogP contribution in [0.3, 0.4) is 0 Å². The largest absolute Gasteiger partial charge is 0.360 e. The van der Waals surface area contributed by atoms with E-state index in [0.717, 1.165) is 17.7 Å². The number of amides is 1. The monoisotopic (exact) mass is 544 g/mol. The molecule has 1 N–H and O–H groups in total. The molecule has 0 aliphatic carbocycles. The standard InChI is InChI=1S/C30H32N4O4S/c1-21-9-10-22(2)28(17-21)32(3)39(37,38)24-11-12-27-25(18-24)29(35)26(19-31-27)30(36)34-15-13-33(14-16-34)20-23-7-5-4-6-8-23/h4-12,17-19H,13-16,20H2,1-3H3,(H,31,35). The molecule has 39 heavy (non-hydrogen) atoms. The average molecular weight is 545 g/mol. The van der Waals surface area contributed by atoms with Crippen molar-refractivity contribution in [2.75, 3.05) is 37.5 Å². The summed E-state index contributed by atoms with van der Waals surface area (Å²) in [5.41, 5.74) is 3.55. The summed E-state index contributed by atoms with van der Waals surface area (Å²) in [6.45, 7) is 7.01. The van der Waals surface area contributed by atoms with E-state index in [4.69, 9.17) is 0 Å². The molecule has 1 aliphatic heterocycles. The van der Waals surface area contributed by atoms with Crippen LogP contribution in [0.2, 0.25) is 0 Å². The number of aromatic amines is 1. The molecule has 0 bridgehead atoms. The molecule has 1 fully saturated rings. The first-order valence-electron chi connectivity index (χ1n) is 12.9. The van der Waals surface area contributed by atoms with Crippen LogP contribution in [0.1, 0.15) is 27.0 Å². The van der Waals surface area contributed by atoms with E-state index >= 15 is 0 Å². The Morgan fingerprint density at radius 1 is 0.949 bits per heavy atom. The van der Waals surface area contributed by atoms with Gasteiger partial charge in [-0.2, -0.15) is 0 Å². The van der Waals surface area contributed by atoms with Crippen molar-refractivity contribution < 1.29 is 13.2 Å². The van der Waals surface area contributed by atoms with Gasteiger partial charge in [0, 0.05) is 56.9 Å². The van der Waals surface area contributed by atoms with Gasteiger partial charge in [-0.05, 0) is 54.8 Å². The van der Waals surface area contributed by atoms with Crippen molar-refractivity contribution in [2.45, 2.75) is 25.3 Å². The third kappa shape index (κ3) is 5.32. The maximum Gasteiger partial charge on any atom is 0.264 e. The molecule has 8 nitrogen and oxygen atoms in total. The summed E-state index contributed by atoms with van der Waals surface area (Å²) in [4.78, 5) is 33.8. The zero-order chi connectivity index (χ0) is 27.7. The first-order chi connectivity index (χ1) is 18.6. The van der Waals surface area contributed by atoms with Crippen LogP contribution in [-0.2, 0) is 16.6 Å². The zero-order valence-electron chi connectivity index (χ0n) is 22.3. The first kappa shape index (κ1) is 26.6. The minimum absolute atomic E-state index is 0.0106. The van der Waals surface area contributed by atoms with Crippen molar-refractivity contribution in [3.8, 4) is 0 Å². The molecule has 3 aromatic carbocycles. The summed E-state index contributed by atoms with van der Waals surface area (Å²) in [5.74, 6) is -0.349. The lowest BCUT2D eigenvalue weighted by Crippen LogP contribution is -2.49. The maximum absolute atomic E-state index is 13.5. The average Bonchev–Trinajstić information content (AvgIpc) is 2.94. The summed E-state index contributed by atoms with van der Waals surface area (Å²) in [6, 6.07) is 20.2. The van der Waals surface area contributed by atoms with Gasteiger partial charge in [-0.25, -0.2) is 8.42 Å². The zero-order valence-corrected chi connectivity index (χ0v) is 23.2. The summed E-state index contributed by atoms with van der Waals surface area (Å²) in [5, 5.41) is 0.166. The number of hydrogen-bond donors (Lipinski definition) is 1. The number of benzene rings is 3. The molecule has 0 unspecified atom stereocenters. The number of nitrogens with one attached hydrogen (secondary N) is 1. The van der Waals surface area contributed by atoms with Gasteiger partial charge in [0.2, 0.25) is 5.43 Å². The van der Waals surface area contributed by atoms with Gasteiger partial charge in [0.05, 0.1) is 10.6 Å². The second-order valence-corrected chi connectivity index (χ2v) is 12.0. The Morgan fingerprint density at radius 3 is 2.38 bits per heavy atom. The lowest BCUT2D eigenvalue weighted by molar-refractivity contribution is 0.0627. The minimum Gasteiger partial charge on any atom is -0.360 e. The van der Waals surface area contributed by atoms with Gasteiger partial charge in [-0.15, -0.1) is 0 Å². The van der Waals surface area contributed by atoms with Gasteiger partial charge >= 0.3 is 0 Å². The fraction of sp³-hybridized carbons (Fsp3) is 0.267. The predicted molar refractivity (Wildman–Crippen MR) is 154 cm³/mol. The third-order valence-corrected chi connectivity index (χ3v) is 9.12. The topological polar surface area (TPSA) is 93.8 Å². The number of piperazine rings is 1. The van der Waals surface area contributed by atoms with E-state index in [2.05, 4.69) is 22.0 Å². The number of nitrogens with zero attached hydrogens (tertiary/aromatic N) is 3. The molecule has 1 aliphatic rings. The molecule has 1 aromatic heterocycles. The Hall–Kier alpha value is -3.95. The van der Waals surface area contributed by atoms with Gasteiger partial charge < -0.3 is 9.88 Å². The van der Waals surface area contributed by atoms with E-state index in [-0.39, 0.29) is 21.8 Å². The number of carbonyl (C=O) groups excluding carboxylic acids is 1. The number of pyridine rings is 1. The second-order valence-electron chi connectivity index (χ2n) is 10.1. The quantitative estimate of drug-likeness (QED) is 0.397. The fourth-order valence-corrected chi connectivity index (χ4v) is 6.26. The van der Waals surface area contributed by atoms with Gasteiger partial charge in [-0.3, -0.25) is 18.8 Å². The molecule has 0 spiro atoms. The van der Waals surface area contributed by atoms with Crippen LogP contribution < -0.4 is 9.73 Å². The predicted octanol–water partition coefficient (Wildman–Crippen LogP) is 3.93. The Morgan fingerprint density at radius 2 is 1.67 bits per heavy atom. The van der Waals surface area contributed by atoms with Crippen molar-refractivity contribution in [2.24, 2.45) is 0 Å². The number of sulfonamides is 1. The lowest BCUT2D eigenvalue weighted by atomic mass is 10.1. The Balaban J connectivity index is 1.38. The highest BCUT2D eigenvalue weighted by Gasteiger charge is 2.26. The highest BCUT2D eigenvalue weighted by molar-refractivity contribution is 7.92. The maximum atomic E-state index is 13.5. The molecule has 5 rings (SSSR count). The summed E-state index contributed by atoms with van der Waals surface area (Å²) < 4.78 is 28.3. The second kappa shape index (κ2) is 10.7. The molecule has 2 heterocycles. The minimum atomic E-state index is -3.95. The van der Waals surface area contributed by atoms with E-state index in [9.17, 15) is 18.0 Å². The molecule has 9 heteroatoms. The number of hydrogen-bond acceptors (Lipinski definition) is 5. The molecule has 1 amide bonds. The molecule has 0 saturated carbocycles. The van der Waals surface area contributed by atoms with Crippen molar-refractivity contribution in [3.05, 3.63) is 105 Å². The SMILES string of the molecule is Cc1ccc(C)c(N(C)S(=O)(=O)c2ccc3[nH]cc(C(=O)N4CCN(Cc5ccccc5)CC4)c(=O)c3c2)c1. The van der Waals surface area contributed by atoms with E-state index in [1.165, 1.54) is 35.2 Å². The summed E-state index contributed by atoms with van der Waals surface area (Å²) in [7, 11) is -2.44. The molecular formula is C30H32N4O4S. The molecule has 0 radical (unpaired) electrons. The first-order valence-corrected chi connectivity index (χ1v) is 14.4. The smallest absolute Gasteiger partial charge is 0.264 e. The molecular weight excluding hydrogens is 512 g/mol. The van der Waals surface area contributed by atoms with E-state index in [0.29, 0.717) is 37.4 Å². The number of fused-ring (bicyclic) bond motifs is 1. The van der Waals surface area contributed by atoms with Crippen molar-refractivity contribution in [1.29, 1.82) is 0 Å². The third-order valence-electron chi connectivity index (χ3n) is 7.35. The van der Waals surface area contributed by atoms with Gasteiger partial charge in [0.1, 0.15) is 5.56 Å². The highest BCUT2D eigenvalue weighted by atomic mass is 32.2. The summed E-state index contributed by atoms with van der Waals surface area (Å²) >= 11 is 0. The molecule has 202 valence electrons. The number of anilines is 1. The van der Waals surface area contributed by atoms with Gasteiger partial charge in [-0.1, -0.05) is 42.5 Å². The Labute approximate surface area is 228 Å². The van der Waals surface area contributed by atoms with Crippen LogP contribution in [0.25, 0.3) is 10.9 Å². The normalized spacial score (nSPS) is 14.5. The molecule has 0 atom stereocenters. The lowest BCUT2D eigenvalue weighted by Gasteiger charge is -2.34.